The number of rotatable bonds is 3. The van der Waals surface area contributed by atoms with E-state index in [1.165, 1.54) is 24.3 Å². The number of H-pyrrole nitrogens is 1. The second kappa shape index (κ2) is 5.22. The second-order valence-corrected chi connectivity index (χ2v) is 3.87. The molecule has 0 saturated carbocycles. The summed E-state index contributed by atoms with van der Waals surface area (Å²) in [6.45, 7) is 0. The van der Waals surface area contributed by atoms with Crippen LogP contribution in [-0.4, -0.2) is 27.2 Å². The molecule has 2 rings (SSSR count). The number of benzene rings is 1. The molecule has 1 amide bonds. The molecule has 0 aliphatic heterocycles. The average molecular weight is 274 g/mol. The first-order chi connectivity index (χ1) is 9.47. The summed E-state index contributed by atoms with van der Waals surface area (Å²) in [5, 5.41) is 17.1. The van der Waals surface area contributed by atoms with Gasteiger partial charge >= 0.3 is 5.97 Å². The largest absolute Gasteiger partial charge is 0.478 e. The van der Waals surface area contributed by atoms with Crippen molar-refractivity contribution in [3.8, 4) is 0 Å². The van der Waals surface area contributed by atoms with Gasteiger partial charge in [-0.05, 0) is 24.3 Å². The zero-order valence-corrected chi connectivity index (χ0v) is 10.1. The normalized spacial score (nSPS) is 10.0. The van der Waals surface area contributed by atoms with E-state index >= 15 is 0 Å². The van der Waals surface area contributed by atoms with Crippen LogP contribution in [0, 0.1) is 0 Å². The summed E-state index contributed by atoms with van der Waals surface area (Å²) in [5.74, 6) is -1.87. The van der Waals surface area contributed by atoms with Gasteiger partial charge in [0.15, 0.2) is 0 Å². The van der Waals surface area contributed by atoms with Gasteiger partial charge in [-0.15, -0.1) is 0 Å². The van der Waals surface area contributed by atoms with E-state index in [9.17, 15) is 14.4 Å². The van der Waals surface area contributed by atoms with Crippen molar-refractivity contribution in [3.05, 3.63) is 51.9 Å². The molecule has 5 N–H and O–H groups in total. The fraction of sp³-hybridized carbons (Fsp3) is 0. The van der Waals surface area contributed by atoms with E-state index < -0.39 is 17.4 Å². The van der Waals surface area contributed by atoms with Crippen molar-refractivity contribution >= 4 is 23.3 Å². The molecule has 1 aromatic heterocycles. The van der Waals surface area contributed by atoms with E-state index in [1.54, 1.807) is 0 Å². The lowest BCUT2D eigenvalue weighted by molar-refractivity contribution is 0.0698. The molecule has 0 aliphatic carbocycles. The number of amides is 1. The van der Waals surface area contributed by atoms with E-state index in [-0.39, 0.29) is 22.6 Å². The Morgan fingerprint density at radius 2 is 2.00 bits per heavy atom. The lowest BCUT2D eigenvalue weighted by Crippen LogP contribution is -2.19. The number of aromatic amines is 1. The van der Waals surface area contributed by atoms with Crippen molar-refractivity contribution in [3.63, 3.8) is 0 Å². The second-order valence-electron chi connectivity index (χ2n) is 3.87. The molecule has 0 saturated heterocycles. The van der Waals surface area contributed by atoms with Crippen LogP contribution in [0.3, 0.4) is 0 Å². The third-order valence-corrected chi connectivity index (χ3v) is 2.43. The van der Waals surface area contributed by atoms with Crippen LogP contribution < -0.4 is 16.6 Å². The zero-order chi connectivity index (χ0) is 14.7. The number of carboxylic acid groups (broad SMARTS) is 1. The van der Waals surface area contributed by atoms with Gasteiger partial charge in [-0.25, -0.2) is 9.89 Å². The van der Waals surface area contributed by atoms with Crippen LogP contribution in [0.15, 0.2) is 35.1 Å². The number of nitrogens with one attached hydrogen (secondary N) is 2. The summed E-state index contributed by atoms with van der Waals surface area (Å²) >= 11 is 0. The molecule has 0 unspecified atom stereocenters. The lowest BCUT2D eigenvalue weighted by Gasteiger charge is -2.08. The maximum absolute atomic E-state index is 11.9. The number of carbonyl (C=O) groups is 2. The highest BCUT2D eigenvalue weighted by Gasteiger charge is 2.14. The van der Waals surface area contributed by atoms with E-state index in [1.807, 2.05) is 0 Å². The first-order valence-corrected chi connectivity index (χ1v) is 5.47. The highest BCUT2D eigenvalue weighted by Crippen LogP contribution is 2.19. The van der Waals surface area contributed by atoms with Gasteiger partial charge in [-0.2, -0.15) is 5.10 Å². The van der Waals surface area contributed by atoms with Crippen LogP contribution in [-0.2, 0) is 0 Å². The molecule has 1 heterocycles. The van der Waals surface area contributed by atoms with Crippen LogP contribution >= 0.6 is 0 Å². The summed E-state index contributed by atoms with van der Waals surface area (Å²) in [6, 6.07) is 6.44. The van der Waals surface area contributed by atoms with Gasteiger partial charge in [0.1, 0.15) is 5.69 Å². The van der Waals surface area contributed by atoms with Crippen molar-refractivity contribution in [1.82, 2.24) is 10.2 Å². The van der Waals surface area contributed by atoms with Gasteiger partial charge in [0.2, 0.25) is 0 Å². The summed E-state index contributed by atoms with van der Waals surface area (Å²) in [7, 11) is 0. The molecular formula is C12H10N4O4. The number of anilines is 2. The Labute approximate surface area is 112 Å². The number of carboxylic acids is 1. The van der Waals surface area contributed by atoms with Gasteiger partial charge < -0.3 is 16.2 Å². The minimum Gasteiger partial charge on any atom is -0.478 e. The molecule has 0 atom stereocenters. The maximum atomic E-state index is 11.9. The maximum Gasteiger partial charge on any atom is 0.337 e. The first-order valence-electron chi connectivity index (χ1n) is 5.47. The molecule has 0 spiro atoms. The number of aromatic carboxylic acids is 1. The molecule has 20 heavy (non-hydrogen) atoms. The molecule has 0 bridgehead atoms. The fourth-order valence-corrected chi connectivity index (χ4v) is 1.51. The van der Waals surface area contributed by atoms with Gasteiger partial charge in [-0.3, -0.25) is 9.59 Å². The predicted molar refractivity (Wildman–Crippen MR) is 70.6 cm³/mol. The minimum atomic E-state index is -1.22. The van der Waals surface area contributed by atoms with Gasteiger partial charge in [0, 0.05) is 11.8 Å². The Morgan fingerprint density at radius 1 is 1.25 bits per heavy atom. The number of aromatic nitrogens is 2. The molecule has 0 fully saturated rings. The Bertz CT molecular complexity index is 718. The van der Waals surface area contributed by atoms with E-state index in [2.05, 4.69) is 15.5 Å². The van der Waals surface area contributed by atoms with Crippen molar-refractivity contribution in [1.29, 1.82) is 0 Å². The Hall–Kier alpha value is -3.16. The SMILES string of the molecule is Nc1ccc(NC(=O)c2ccc(=O)[nH]n2)c(C(=O)O)c1. The predicted octanol–water partition coefficient (Wildman–Crippen LogP) is 0.303. The minimum absolute atomic E-state index is 0.0437. The average Bonchev–Trinajstić information content (AvgIpc) is 2.41. The summed E-state index contributed by atoms with van der Waals surface area (Å²) in [4.78, 5) is 33.8. The van der Waals surface area contributed by atoms with Crippen LogP contribution in [0.1, 0.15) is 20.8 Å². The van der Waals surface area contributed by atoms with Crippen molar-refractivity contribution in [2.75, 3.05) is 11.1 Å². The third kappa shape index (κ3) is 2.80. The van der Waals surface area contributed by atoms with Crippen LogP contribution in [0.5, 0.6) is 0 Å². The van der Waals surface area contributed by atoms with Crippen LogP contribution in [0.25, 0.3) is 0 Å². The number of hydrogen-bond donors (Lipinski definition) is 4. The number of carbonyl (C=O) groups excluding carboxylic acids is 1. The first kappa shape index (κ1) is 13.3. The quantitative estimate of drug-likeness (QED) is 0.594. The highest BCUT2D eigenvalue weighted by atomic mass is 16.4. The molecule has 1 aromatic carbocycles. The number of nitrogens with zero attached hydrogens (tertiary/aromatic N) is 1. The number of nitrogens with two attached hydrogens (primary N) is 1. The summed E-state index contributed by atoms with van der Waals surface area (Å²) < 4.78 is 0. The van der Waals surface area contributed by atoms with E-state index in [4.69, 9.17) is 10.8 Å². The van der Waals surface area contributed by atoms with Crippen LogP contribution in [0.4, 0.5) is 11.4 Å². The van der Waals surface area contributed by atoms with Gasteiger partial charge in [-0.1, -0.05) is 0 Å². The Morgan fingerprint density at radius 3 is 2.60 bits per heavy atom. The zero-order valence-electron chi connectivity index (χ0n) is 10.1. The molecule has 0 radical (unpaired) electrons. The van der Waals surface area contributed by atoms with Crippen molar-refractivity contribution in [2.24, 2.45) is 0 Å². The van der Waals surface area contributed by atoms with Crippen molar-refractivity contribution in [2.45, 2.75) is 0 Å². The molecule has 8 nitrogen and oxygen atoms in total. The van der Waals surface area contributed by atoms with E-state index in [0.29, 0.717) is 0 Å². The monoisotopic (exact) mass is 274 g/mol. The van der Waals surface area contributed by atoms with Crippen molar-refractivity contribution < 1.29 is 14.7 Å². The third-order valence-electron chi connectivity index (χ3n) is 2.43. The standard InChI is InChI=1S/C12H10N4O4/c13-6-1-2-8(7(5-6)12(19)20)14-11(18)9-3-4-10(17)16-15-9/h1-5H,13H2,(H,14,18)(H,16,17)(H,19,20). The highest BCUT2D eigenvalue weighted by molar-refractivity contribution is 6.07. The van der Waals surface area contributed by atoms with Gasteiger partial charge in [0.05, 0.1) is 11.3 Å². The van der Waals surface area contributed by atoms with Crippen LogP contribution in [0.2, 0.25) is 0 Å². The number of hydrogen-bond acceptors (Lipinski definition) is 5. The molecule has 0 aliphatic rings. The Kier molecular flexibility index (Phi) is 3.47. The number of nitrogen functional groups attached to an aromatic ring is 1. The molecular weight excluding hydrogens is 264 g/mol. The Balaban J connectivity index is 2.30. The van der Waals surface area contributed by atoms with E-state index in [0.717, 1.165) is 6.07 Å². The summed E-state index contributed by atoms with van der Waals surface area (Å²) in [6.07, 6.45) is 0. The van der Waals surface area contributed by atoms with Gasteiger partial charge in [0.25, 0.3) is 11.5 Å². The molecule has 2 aromatic rings. The summed E-state index contributed by atoms with van der Waals surface area (Å²) in [5.41, 5.74) is 5.23. The topological polar surface area (TPSA) is 138 Å². The smallest absolute Gasteiger partial charge is 0.337 e. The fourth-order valence-electron chi connectivity index (χ4n) is 1.51. The molecule has 102 valence electrons. The lowest BCUT2D eigenvalue weighted by atomic mass is 10.1. The molecule has 8 heteroatoms.